The summed E-state index contributed by atoms with van der Waals surface area (Å²) in [5, 5.41) is 0.601. The number of carbonyl (C=O) groups is 1. The van der Waals surface area contributed by atoms with Crippen molar-refractivity contribution in [3.63, 3.8) is 0 Å². The summed E-state index contributed by atoms with van der Waals surface area (Å²) in [6.45, 7) is 6.47. The molecular weight excluding hydrogens is 414 g/mol. The maximum Gasteiger partial charge on any atom is 0.308 e. The average molecular weight is 440 g/mol. The Morgan fingerprint density at radius 3 is 2.17 bits per heavy atom. The molecule has 29 heavy (non-hydrogen) atoms. The van der Waals surface area contributed by atoms with Gasteiger partial charge in [-0.25, -0.2) is 0 Å². The van der Waals surface area contributed by atoms with Gasteiger partial charge < -0.3 is 13.8 Å². The van der Waals surface area contributed by atoms with Crippen LogP contribution in [0.3, 0.4) is 0 Å². The number of benzene rings is 2. The van der Waals surface area contributed by atoms with E-state index in [1.807, 2.05) is 13.8 Å². The highest BCUT2D eigenvalue weighted by Crippen LogP contribution is 2.18. The second-order valence-electron chi connectivity index (χ2n) is 6.98. The van der Waals surface area contributed by atoms with Gasteiger partial charge in [-0.15, -0.1) is 0 Å². The number of ether oxygens (including phenoxy) is 1. The number of amides is 1. The van der Waals surface area contributed by atoms with Crippen molar-refractivity contribution in [2.45, 2.75) is 27.3 Å². The van der Waals surface area contributed by atoms with Gasteiger partial charge >= 0.3 is 10.1 Å². The number of hydrogen-bond donors (Lipinski definition) is 0. The van der Waals surface area contributed by atoms with Crippen molar-refractivity contribution in [3.05, 3.63) is 59.1 Å². The molecule has 0 unspecified atom stereocenters. The predicted molar refractivity (Wildman–Crippen MR) is 114 cm³/mol. The Labute approximate surface area is 177 Å². The smallest absolute Gasteiger partial charge is 0.308 e. The lowest BCUT2D eigenvalue weighted by Gasteiger charge is -2.25. The summed E-state index contributed by atoms with van der Waals surface area (Å²) in [7, 11) is -3.56. The highest BCUT2D eigenvalue weighted by atomic mass is 35.5. The summed E-state index contributed by atoms with van der Waals surface area (Å²) in [6, 6.07) is 13.5. The van der Waals surface area contributed by atoms with Crippen molar-refractivity contribution in [1.82, 2.24) is 4.90 Å². The molecular formula is C21H26ClNO5S. The first kappa shape index (κ1) is 23.0. The highest BCUT2D eigenvalue weighted by molar-refractivity contribution is 7.87. The van der Waals surface area contributed by atoms with Crippen LogP contribution in [0, 0.1) is 5.92 Å². The van der Waals surface area contributed by atoms with Crippen molar-refractivity contribution in [2.75, 3.05) is 18.9 Å². The third kappa shape index (κ3) is 7.95. The maximum atomic E-state index is 12.7. The second kappa shape index (κ2) is 10.5. The van der Waals surface area contributed by atoms with Crippen LogP contribution in [-0.2, 0) is 21.5 Å². The van der Waals surface area contributed by atoms with Crippen molar-refractivity contribution in [1.29, 1.82) is 0 Å². The van der Waals surface area contributed by atoms with Crippen LogP contribution in [0.4, 0.5) is 0 Å². The van der Waals surface area contributed by atoms with E-state index in [1.165, 1.54) is 6.92 Å². The molecule has 0 radical (unpaired) electrons. The maximum absolute atomic E-state index is 12.7. The first-order valence-electron chi connectivity index (χ1n) is 9.35. The van der Waals surface area contributed by atoms with Crippen molar-refractivity contribution < 1.29 is 22.1 Å². The number of carbonyl (C=O) groups excluding carboxylic acids is 1. The van der Waals surface area contributed by atoms with E-state index in [9.17, 15) is 13.2 Å². The van der Waals surface area contributed by atoms with Gasteiger partial charge in [-0.2, -0.15) is 8.42 Å². The van der Waals surface area contributed by atoms with Gasteiger partial charge in [-0.05, 0) is 54.8 Å². The molecule has 2 aromatic rings. The summed E-state index contributed by atoms with van der Waals surface area (Å²) in [5.74, 6) is 0.877. The van der Waals surface area contributed by atoms with Crippen LogP contribution in [0.5, 0.6) is 11.5 Å². The highest BCUT2D eigenvalue weighted by Gasteiger charge is 2.17. The Kier molecular flexibility index (Phi) is 8.34. The molecule has 2 rings (SSSR count). The van der Waals surface area contributed by atoms with E-state index in [0.717, 1.165) is 5.56 Å². The fourth-order valence-electron chi connectivity index (χ4n) is 2.54. The van der Waals surface area contributed by atoms with Crippen LogP contribution < -0.4 is 8.92 Å². The lowest BCUT2D eigenvalue weighted by Crippen LogP contribution is -2.37. The molecule has 0 fully saturated rings. The number of nitrogens with zero attached hydrogens (tertiary/aromatic N) is 1. The van der Waals surface area contributed by atoms with E-state index in [-0.39, 0.29) is 29.9 Å². The molecule has 0 atom stereocenters. The number of halogens is 1. The molecule has 0 bridgehead atoms. The second-order valence-corrected chi connectivity index (χ2v) is 9.28. The lowest BCUT2D eigenvalue weighted by molar-refractivity contribution is -0.134. The zero-order chi connectivity index (χ0) is 21.4. The third-order valence-corrected chi connectivity index (χ3v) is 5.39. The minimum Gasteiger partial charge on any atom is -0.484 e. The van der Waals surface area contributed by atoms with Gasteiger partial charge in [0.15, 0.2) is 6.61 Å². The molecule has 0 aromatic heterocycles. The fraction of sp³-hybridized carbons (Fsp3) is 0.381. The van der Waals surface area contributed by atoms with E-state index in [4.69, 9.17) is 20.5 Å². The Hall–Kier alpha value is -2.25. The van der Waals surface area contributed by atoms with Crippen LogP contribution >= 0.6 is 11.6 Å². The molecule has 0 aliphatic rings. The Morgan fingerprint density at radius 2 is 1.62 bits per heavy atom. The van der Waals surface area contributed by atoms with E-state index in [1.54, 1.807) is 53.4 Å². The molecule has 0 spiro atoms. The van der Waals surface area contributed by atoms with Gasteiger partial charge in [0.2, 0.25) is 0 Å². The molecule has 158 valence electrons. The number of hydrogen-bond acceptors (Lipinski definition) is 5. The summed E-state index contributed by atoms with van der Waals surface area (Å²) in [6.07, 6.45) is 0. The van der Waals surface area contributed by atoms with E-state index in [0.29, 0.717) is 23.9 Å². The minimum absolute atomic E-state index is 0.0791. The van der Waals surface area contributed by atoms with Crippen LogP contribution in [0.25, 0.3) is 0 Å². The largest absolute Gasteiger partial charge is 0.484 e. The zero-order valence-corrected chi connectivity index (χ0v) is 18.4. The van der Waals surface area contributed by atoms with E-state index < -0.39 is 10.1 Å². The van der Waals surface area contributed by atoms with Gasteiger partial charge in [0.1, 0.15) is 11.5 Å². The predicted octanol–water partition coefficient (Wildman–Crippen LogP) is 4.13. The Bertz CT molecular complexity index is 896. The molecule has 1 amide bonds. The molecule has 2 aromatic carbocycles. The zero-order valence-electron chi connectivity index (χ0n) is 16.8. The molecule has 0 saturated heterocycles. The molecule has 0 aliphatic carbocycles. The molecule has 0 aliphatic heterocycles. The SMILES string of the molecule is CCS(=O)(=O)Oc1ccc(CN(CC(C)C)C(=O)COc2ccc(Cl)cc2)cc1. The Balaban J connectivity index is 2.01. The van der Waals surface area contributed by atoms with Crippen LogP contribution in [0.15, 0.2) is 48.5 Å². The standard InChI is InChI=1S/C21H26ClNO5S/c1-4-29(25,26)28-20-9-5-17(6-10-20)14-23(13-16(2)3)21(24)15-27-19-11-7-18(22)8-12-19/h5-12,16H,4,13-15H2,1-3H3. The topological polar surface area (TPSA) is 72.9 Å². The summed E-state index contributed by atoms with van der Waals surface area (Å²) in [5.41, 5.74) is 0.867. The van der Waals surface area contributed by atoms with Gasteiger partial charge in [-0.1, -0.05) is 37.6 Å². The summed E-state index contributed by atoms with van der Waals surface area (Å²) in [4.78, 5) is 14.4. The van der Waals surface area contributed by atoms with Gasteiger partial charge in [0, 0.05) is 18.1 Å². The third-order valence-electron chi connectivity index (χ3n) is 3.99. The lowest BCUT2D eigenvalue weighted by atomic mass is 10.1. The van der Waals surface area contributed by atoms with Crippen molar-refractivity contribution in [3.8, 4) is 11.5 Å². The summed E-state index contributed by atoms with van der Waals surface area (Å²) < 4.78 is 33.7. The van der Waals surface area contributed by atoms with Crippen molar-refractivity contribution >= 4 is 27.6 Å². The minimum atomic E-state index is -3.56. The monoisotopic (exact) mass is 439 g/mol. The van der Waals surface area contributed by atoms with Crippen LogP contribution in [0.2, 0.25) is 5.02 Å². The fourth-order valence-corrected chi connectivity index (χ4v) is 3.19. The van der Waals surface area contributed by atoms with Crippen molar-refractivity contribution in [2.24, 2.45) is 5.92 Å². The molecule has 6 nitrogen and oxygen atoms in total. The first-order valence-corrected chi connectivity index (χ1v) is 11.3. The number of rotatable bonds is 10. The average Bonchev–Trinajstić information content (AvgIpc) is 2.67. The quantitative estimate of drug-likeness (QED) is 0.520. The molecule has 0 saturated carbocycles. The van der Waals surface area contributed by atoms with E-state index >= 15 is 0 Å². The Morgan fingerprint density at radius 1 is 1.03 bits per heavy atom. The molecule has 0 heterocycles. The van der Waals surface area contributed by atoms with Gasteiger partial charge in [0.25, 0.3) is 5.91 Å². The van der Waals surface area contributed by atoms with Gasteiger partial charge in [-0.3, -0.25) is 4.79 Å². The van der Waals surface area contributed by atoms with Crippen LogP contribution in [-0.4, -0.2) is 38.1 Å². The van der Waals surface area contributed by atoms with Crippen LogP contribution in [0.1, 0.15) is 26.3 Å². The van der Waals surface area contributed by atoms with E-state index in [2.05, 4.69) is 0 Å². The normalized spacial score (nSPS) is 11.3. The van der Waals surface area contributed by atoms with Gasteiger partial charge in [0.05, 0.1) is 5.75 Å². The summed E-state index contributed by atoms with van der Waals surface area (Å²) >= 11 is 5.85. The molecule has 0 N–H and O–H groups in total. The molecule has 8 heteroatoms. The first-order chi connectivity index (χ1) is 13.7.